The standard InChI is InChI=1S/C22H18FN7O/c1-11(2)22(31)26-13-8-12(9-24-10-13)14-5-6-15-17(18(14)23)19(30-29-15)21-27-16-4-3-7-25-20(16)28-21/h3-11H,1-2H3,(H,26,31)(H,29,30)(H,25,27,28). The highest BCUT2D eigenvalue weighted by Crippen LogP contribution is 2.34. The Morgan fingerprint density at radius 3 is 2.87 bits per heavy atom. The number of pyridine rings is 2. The van der Waals surface area contributed by atoms with E-state index in [4.69, 9.17) is 0 Å². The molecule has 0 bridgehead atoms. The lowest BCUT2D eigenvalue weighted by Gasteiger charge is -2.10. The quantitative estimate of drug-likeness (QED) is 0.405. The Balaban J connectivity index is 1.61. The van der Waals surface area contributed by atoms with Crippen LogP contribution in [0.25, 0.3) is 44.7 Å². The van der Waals surface area contributed by atoms with E-state index in [0.29, 0.717) is 50.4 Å². The summed E-state index contributed by atoms with van der Waals surface area (Å²) in [6.07, 6.45) is 4.74. The van der Waals surface area contributed by atoms with E-state index in [9.17, 15) is 4.79 Å². The van der Waals surface area contributed by atoms with Crippen molar-refractivity contribution in [3.8, 4) is 22.6 Å². The molecule has 5 aromatic rings. The van der Waals surface area contributed by atoms with Crippen molar-refractivity contribution < 1.29 is 9.18 Å². The summed E-state index contributed by atoms with van der Waals surface area (Å²) in [5.41, 5.74) is 3.57. The van der Waals surface area contributed by atoms with E-state index in [2.05, 4.69) is 35.5 Å². The number of anilines is 1. The minimum absolute atomic E-state index is 0.134. The van der Waals surface area contributed by atoms with Crippen LogP contribution in [0.2, 0.25) is 0 Å². The molecule has 0 atom stereocenters. The van der Waals surface area contributed by atoms with Gasteiger partial charge in [0, 0.05) is 29.4 Å². The molecule has 0 fully saturated rings. The number of hydrogen-bond donors (Lipinski definition) is 3. The fraction of sp³-hybridized carbons (Fsp3) is 0.136. The van der Waals surface area contributed by atoms with E-state index in [1.54, 1.807) is 50.5 Å². The van der Waals surface area contributed by atoms with Crippen LogP contribution in [0.1, 0.15) is 13.8 Å². The molecule has 31 heavy (non-hydrogen) atoms. The summed E-state index contributed by atoms with van der Waals surface area (Å²) in [5.74, 6) is -0.343. The molecule has 3 N–H and O–H groups in total. The molecule has 0 saturated heterocycles. The van der Waals surface area contributed by atoms with E-state index >= 15 is 4.39 Å². The number of aromatic nitrogens is 6. The molecule has 0 aliphatic carbocycles. The number of rotatable bonds is 4. The lowest BCUT2D eigenvalue weighted by Crippen LogP contribution is -2.17. The first-order valence-corrected chi connectivity index (χ1v) is 9.75. The van der Waals surface area contributed by atoms with Crippen molar-refractivity contribution in [2.45, 2.75) is 13.8 Å². The molecule has 0 saturated carbocycles. The monoisotopic (exact) mass is 415 g/mol. The highest BCUT2D eigenvalue weighted by Gasteiger charge is 2.20. The number of halogens is 1. The maximum Gasteiger partial charge on any atom is 0.226 e. The van der Waals surface area contributed by atoms with E-state index in [1.165, 1.54) is 6.20 Å². The molecule has 4 heterocycles. The number of hydrogen-bond acceptors (Lipinski definition) is 5. The molecule has 154 valence electrons. The molecule has 0 spiro atoms. The molecule has 1 aromatic carbocycles. The molecule has 0 aliphatic heterocycles. The van der Waals surface area contributed by atoms with Gasteiger partial charge in [-0.1, -0.05) is 13.8 Å². The summed E-state index contributed by atoms with van der Waals surface area (Å²) in [6.45, 7) is 3.60. The van der Waals surface area contributed by atoms with Crippen LogP contribution in [0.5, 0.6) is 0 Å². The van der Waals surface area contributed by atoms with Crippen molar-refractivity contribution in [1.29, 1.82) is 0 Å². The lowest BCUT2D eigenvalue weighted by molar-refractivity contribution is -0.118. The van der Waals surface area contributed by atoms with Crippen molar-refractivity contribution >= 4 is 33.7 Å². The Morgan fingerprint density at radius 1 is 1.19 bits per heavy atom. The van der Waals surface area contributed by atoms with E-state index in [0.717, 1.165) is 0 Å². The molecule has 4 aromatic heterocycles. The first-order chi connectivity index (χ1) is 15.0. The first kappa shape index (κ1) is 18.9. The average Bonchev–Trinajstić information content (AvgIpc) is 3.38. The number of imidazole rings is 1. The summed E-state index contributed by atoms with van der Waals surface area (Å²) >= 11 is 0. The van der Waals surface area contributed by atoms with Crippen LogP contribution in [0, 0.1) is 11.7 Å². The molecule has 5 rings (SSSR count). The van der Waals surface area contributed by atoms with Gasteiger partial charge in [0.2, 0.25) is 5.91 Å². The predicted octanol–water partition coefficient (Wildman–Crippen LogP) is 4.30. The fourth-order valence-corrected chi connectivity index (χ4v) is 3.37. The van der Waals surface area contributed by atoms with Crippen LogP contribution in [-0.4, -0.2) is 36.0 Å². The maximum absolute atomic E-state index is 15.7. The number of fused-ring (bicyclic) bond motifs is 2. The summed E-state index contributed by atoms with van der Waals surface area (Å²) in [6, 6.07) is 8.71. The van der Waals surface area contributed by atoms with E-state index in [-0.39, 0.29) is 11.8 Å². The van der Waals surface area contributed by atoms with Crippen LogP contribution in [0.15, 0.2) is 48.9 Å². The second kappa shape index (κ2) is 7.28. The summed E-state index contributed by atoms with van der Waals surface area (Å²) in [7, 11) is 0. The number of nitrogens with zero attached hydrogens (tertiary/aromatic N) is 4. The zero-order valence-corrected chi connectivity index (χ0v) is 16.8. The van der Waals surface area contributed by atoms with Crippen molar-refractivity contribution in [3.05, 3.63) is 54.7 Å². The van der Waals surface area contributed by atoms with Crippen molar-refractivity contribution in [2.24, 2.45) is 5.92 Å². The van der Waals surface area contributed by atoms with Gasteiger partial charge in [-0.3, -0.25) is 14.9 Å². The highest BCUT2D eigenvalue weighted by atomic mass is 19.1. The smallest absolute Gasteiger partial charge is 0.226 e. The van der Waals surface area contributed by atoms with Crippen molar-refractivity contribution in [3.63, 3.8) is 0 Å². The minimum atomic E-state index is -0.455. The molecule has 1 amide bonds. The number of amides is 1. The summed E-state index contributed by atoms with van der Waals surface area (Å²) in [4.78, 5) is 28.0. The lowest BCUT2D eigenvalue weighted by atomic mass is 10.0. The van der Waals surface area contributed by atoms with Gasteiger partial charge in [0.15, 0.2) is 11.5 Å². The summed E-state index contributed by atoms with van der Waals surface area (Å²) < 4.78 is 15.7. The normalized spacial score (nSPS) is 11.5. The molecule has 0 aliphatic rings. The Kier molecular flexibility index (Phi) is 4.43. The van der Waals surface area contributed by atoms with Gasteiger partial charge < -0.3 is 10.3 Å². The van der Waals surface area contributed by atoms with Gasteiger partial charge in [-0.25, -0.2) is 14.4 Å². The van der Waals surface area contributed by atoms with Crippen molar-refractivity contribution in [2.75, 3.05) is 5.32 Å². The maximum atomic E-state index is 15.7. The molecule has 0 radical (unpaired) electrons. The van der Waals surface area contributed by atoms with Gasteiger partial charge in [0.1, 0.15) is 17.0 Å². The van der Waals surface area contributed by atoms with Crippen molar-refractivity contribution in [1.82, 2.24) is 30.1 Å². The van der Waals surface area contributed by atoms with Crippen LogP contribution in [0.3, 0.4) is 0 Å². The fourth-order valence-electron chi connectivity index (χ4n) is 3.37. The zero-order chi connectivity index (χ0) is 21.5. The molecular formula is C22H18FN7O. The Morgan fingerprint density at radius 2 is 2.06 bits per heavy atom. The second-order valence-electron chi connectivity index (χ2n) is 7.48. The molecule has 9 heteroatoms. The average molecular weight is 415 g/mol. The van der Waals surface area contributed by atoms with Crippen LogP contribution >= 0.6 is 0 Å². The first-order valence-electron chi connectivity index (χ1n) is 9.75. The van der Waals surface area contributed by atoms with Gasteiger partial charge in [-0.2, -0.15) is 5.10 Å². The largest absolute Gasteiger partial charge is 0.324 e. The Hall–Kier alpha value is -4.14. The number of H-pyrrole nitrogens is 2. The number of benzene rings is 1. The Labute approximate surface area is 176 Å². The van der Waals surface area contributed by atoms with Crippen LogP contribution in [-0.2, 0) is 4.79 Å². The number of nitrogens with one attached hydrogen (secondary N) is 3. The highest BCUT2D eigenvalue weighted by molar-refractivity contribution is 5.97. The third-order valence-electron chi connectivity index (χ3n) is 4.99. The van der Waals surface area contributed by atoms with Crippen LogP contribution < -0.4 is 5.32 Å². The van der Waals surface area contributed by atoms with Gasteiger partial charge in [-0.15, -0.1) is 0 Å². The topological polar surface area (TPSA) is 112 Å². The van der Waals surface area contributed by atoms with Gasteiger partial charge >= 0.3 is 0 Å². The van der Waals surface area contributed by atoms with E-state index < -0.39 is 5.82 Å². The van der Waals surface area contributed by atoms with Crippen LogP contribution in [0.4, 0.5) is 10.1 Å². The Bertz CT molecular complexity index is 1400. The zero-order valence-electron chi connectivity index (χ0n) is 16.8. The number of carbonyl (C=O) groups is 1. The van der Waals surface area contributed by atoms with Gasteiger partial charge in [-0.05, 0) is 30.3 Å². The number of aromatic amines is 2. The SMILES string of the molecule is CC(C)C(=O)Nc1cncc(-c2ccc3[nH]nc(-c4nc5cccnc5[nH]4)c3c2F)c1. The second-order valence-corrected chi connectivity index (χ2v) is 7.48. The summed E-state index contributed by atoms with van der Waals surface area (Å²) in [5, 5.41) is 10.2. The van der Waals surface area contributed by atoms with E-state index in [1.807, 2.05) is 6.07 Å². The third-order valence-corrected chi connectivity index (χ3v) is 4.99. The third kappa shape index (κ3) is 3.29. The van der Waals surface area contributed by atoms with Gasteiger partial charge in [0.25, 0.3) is 0 Å². The predicted molar refractivity (Wildman–Crippen MR) is 116 cm³/mol. The molecule has 8 nitrogen and oxygen atoms in total. The number of carbonyl (C=O) groups excluding carboxylic acids is 1. The minimum Gasteiger partial charge on any atom is -0.324 e. The van der Waals surface area contributed by atoms with Gasteiger partial charge in [0.05, 0.1) is 22.8 Å². The molecule has 0 unspecified atom stereocenters. The molecular weight excluding hydrogens is 397 g/mol.